The average molecular weight is 396 g/mol. The average Bonchev–Trinajstić information content (AvgIpc) is 2.96. The molecular weight excluding hydrogens is 373 g/mol. The second kappa shape index (κ2) is 8.64. The van der Waals surface area contributed by atoms with Gasteiger partial charge in [0.2, 0.25) is 0 Å². The highest BCUT2D eigenvalue weighted by molar-refractivity contribution is 5.74. The van der Waals surface area contributed by atoms with Crippen molar-refractivity contribution in [2.24, 2.45) is 0 Å². The smallest absolute Gasteiger partial charge is 0.385 e. The summed E-state index contributed by atoms with van der Waals surface area (Å²) in [6, 6.07) is 6.65. The summed E-state index contributed by atoms with van der Waals surface area (Å²) >= 11 is 0. The quantitative estimate of drug-likeness (QED) is 0.787. The largest absolute Gasteiger partial charge is 0.416 e. The number of fused-ring (bicyclic) bond motifs is 1. The molecular formula is C19H23F3N4O2. The van der Waals surface area contributed by atoms with E-state index < -0.39 is 11.7 Å². The van der Waals surface area contributed by atoms with Gasteiger partial charge in [-0.2, -0.15) is 18.3 Å². The van der Waals surface area contributed by atoms with Crippen LogP contribution in [0.25, 0.3) is 11.3 Å². The third-order valence-electron chi connectivity index (χ3n) is 4.61. The summed E-state index contributed by atoms with van der Waals surface area (Å²) in [5.41, 5.74) is 1.39. The Morgan fingerprint density at radius 1 is 1.25 bits per heavy atom. The van der Waals surface area contributed by atoms with Crippen LogP contribution in [0.3, 0.4) is 0 Å². The van der Waals surface area contributed by atoms with Gasteiger partial charge in [0.05, 0.1) is 23.5 Å². The van der Waals surface area contributed by atoms with Crippen LogP contribution < -0.4 is 5.32 Å². The number of methoxy groups -OCH3 is 1. The Kier molecular flexibility index (Phi) is 6.23. The summed E-state index contributed by atoms with van der Waals surface area (Å²) < 4.78 is 45.0. The first-order chi connectivity index (χ1) is 13.4. The van der Waals surface area contributed by atoms with Gasteiger partial charge in [-0.3, -0.25) is 4.68 Å². The summed E-state index contributed by atoms with van der Waals surface area (Å²) in [6.07, 6.45) is -2.86. The van der Waals surface area contributed by atoms with E-state index in [0.29, 0.717) is 44.0 Å². The Hall–Kier alpha value is -2.55. The predicted molar refractivity (Wildman–Crippen MR) is 97.6 cm³/mol. The molecule has 0 radical (unpaired) electrons. The van der Waals surface area contributed by atoms with Crippen LogP contribution in [0, 0.1) is 0 Å². The molecule has 0 saturated heterocycles. The number of benzene rings is 1. The molecule has 9 heteroatoms. The van der Waals surface area contributed by atoms with Gasteiger partial charge in [-0.05, 0) is 31.0 Å². The van der Waals surface area contributed by atoms with E-state index in [1.54, 1.807) is 12.0 Å². The Bertz CT molecular complexity index is 803. The molecule has 2 heterocycles. The van der Waals surface area contributed by atoms with Crippen molar-refractivity contribution in [1.82, 2.24) is 20.0 Å². The number of nitrogens with one attached hydrogen (secondary N) is 1. The van der Waals surface area contributed by atoms with Crippen LogP contribution in [0.1, 0.15) is 24.1 Å². The second-order valence-electron chi connectivity index (χ2n) is 6.67. The van der Waals surface area contributed by atoms with Gasteiger partial charge in [0, 0.05) is 38.9 Å². The predicted octanol–water partition coefficient (Wildman–Crippen LogP) is 3.52. The zero-order valence-electron chi connectivity index (χ0n) is 15.6. The third-order valence-corrected chi connectivity index (χ3v) is 4.61. The van der Waals surface area contributed by atoms with Crippen LogP contribution in [0.2, 0.25) is 0 Å². The Morgan fingerprint density at radius 3 is 2.68 bits per heavy atom. The van der Waals surface area contributed by atoms with Crippen molar-refractivity contribution in [3.8, 4) is 11.3 Å². The van der Waals surface area contributed by atoms with Crippen LogP contribution >= 0.6 is 0 Å². The van der Waals surface area contributed by atoms with E-state index in [0.717, 1.165) is 30.7 Å². The molecule has 0 aliphatic carbocycles. The number of hydrogen-bond donors (Lipinski definition) is 1. The highest BCUT2D eigenvalue weighted by Crippen LogP contribution is 2.31. The molecule has 1 aromatic heterocycles. The number of carbonyl (C=O) groups is 1. The molecule has 6 nitrogen and oxygen atoms in total. The molecule has 0 fully saturated rings. The molecule has 0 spiro atoms. The molecule has 2 aromatic rings. The first kappa shape index (κ1) is 20.2. The van der Waals surface area contributed by atoms with Crippen molar-refractivity contribution in [1.29, 1.82) is 0 Å². The maximum absolute atomic E-state index is 12.7. The van der Waals surface area contributed by atoms with E-state index in [9.17, 15) is 18.0 Å². The molecule has 0 atom stereocenters. The lowest BCUT2D eigenvalue weighted by Gasteiger charge is -2.20. The maximum atomic E-state index is 12.7. The van der Waals surface area contributed by atoms with E-state index in [2.05, 4.69) is 10.4 Å². The van der Waals surface area contributed by atoms with Gasteiger partial charge in [0.1, 0.15) is 0 Å². The van der Waals surface area contributed by atoms with Gasteiger partial charge < -0.3 is 15.0 Å². The second-order valence-corrected chi connectivity index (χ2v) is 6.67. The van der Waals surface area contributed by atoms with Crippen molar-refractivity contribution in [2.75, 3.05) is 26.8 Å². The summed E-state index contributed by atoms with van der Waals surface area (Å²) in [4.78, 5) is 14.1. The van der Waals surface area contributed by atoms with Crippen molar-refractivity contribution < 1.29 is 22.7 Å². The number of amides is 2. The fourth-order valence-corrected chi connectivity index (χ4v) is 3.13. The summed E-state index contributed by atoms with van der Waals surface area (Å²) in [5, 5.41) is 7.39. The lowest BCUT2D eigenvalue weighted by atomic mass is 10.1. The van der Waals surface area contributed by atoms with Gasteiger partial charge >= 0.3 is 12.2 Å². The number of aryl methyl sites for hydroxylation is 1. The van der Waals surface area contributed by atoms with E-state index >= 15 is 0 Å². The van der Waals surface area contributed by atoms with Gasteiger partial charge in [0.15, 0.2) is 0 Å². The number of halogens is 3. The van der Waals surface area contributed by atoms with Crippen LogP contribution in [0.4, 0.5) is 18.0 Å². The fraction of sp³-hybridized carbons (Fsp3) is 0.474. The number of carbonyl (C=O) groups excluding carboxylic acids is 1. The van der Waals surface area contributed by atoms with Crippen molar-refractivity contribution >= 4 is 6.03 Å². The first-order valence-corrected chi connectivity index (χ1v) is 9.14. The lowest BCUT2D eigenvalue weighted by molar-refractivity contribution is -0.137. The van der Waals surface area contributed by atoms with E-state index in [1.807, 2.05) is 10.7 Å². The number of urea groups is 1. The van der Waals surface area contributed by atoms with E-state index in [4.69, 9.17) is 4.74 Å². The zero-order valence-corrected chi connectivity index (χ0v) is 15.6. The van der Waals surface area contributed by atoms with Crippen molar-refractivity contribution in [3.63, 3.8) is 0 Å². The highest BCUT2D eigenvalue weighted by atomic mass is 19.4. The van der Waals surface area contributed by atoms with Crippen LogP contribution in [0.15, 0.2) is 30.3 Å². The minimum absolute atomic E-state index is 0.137. The maximum Gasteiger partial charge on any atom is 0.416 e. The van der Waals surface area contributed by atoms with Gasteiger partial charge in [0.25, 0.3) is 0 Å². The molecule has 3 rings (SSSR count). The molecule has 152 valence electrons. The van der Waals surface area contributed by atoms with Gasteiger partial charge in [-0.15, -0.1) is 0 Å². The minimum Gasteiger partial charge on any atom is -0.385 e. The molecule has 0 unspecified atom stereocenters. The molecule has 2 amide bonds. The van der Waals surface area contributed by atoms with Gasteiger partial charge in [-0.25, -0.2) is 4.79 Å². The molecule has 1 aromatic carbocycles. The molecule has 1 N–H and O–H groups in total. The highest BCUT2D eigenvalue weighted by Gasteiger charge is 2.30. The topological polar surface area (TPSA) is 59.4 Å². The van der Waals surface area contributed by atoms with Crippen LogP contribution in [-0.2, 0) is 24.0 Å². The number of hydrogen-bond acceptors (Lipinski definition) is 3. The molecule has 0 bridgehead atoms. The van der Waals surface area contributed by atoms with Crippen molar-refractivity contribution in [3.05, 3.63) is 41.6 Å². The monoisotopic (exact) mass is 396 g/mol. The van der Waals surface area contributed by atoms with E-state index in [1.165, 1.54) is 12.1 Å². The number of rotatable bonds is 5. The van der Waals surface area contributed by atoms with E-state index in [-0.39, 0.29) is 6.03 Å². The third kappa shape index (κ3) is 4.83. The van der Waals surface area contributed by atoms with Gasteiger partial charge in [-0.1, -0.05) is 12.1 Å². The molecule has 28 heavy (non-hydrogen) atoms. The SMILES string of the molecule is COCCCNC(=O)N1CCCn2nc(-c3ccc(C(F)(F)F)cc3)cc2C1. The zero-order chi connectivity index (χ0) is 20.1. The number of ether oxygens (including phenoxy) is 1. The lowest BCUT2D eigenvalue weighted by Crippen LogP contribution is -2.40. The molecule has 1 aliphatic heterocycles. The normalized spacial score (nSPS) is 14.5. The number of nitrogens with zero attached hydrogens (tertiary/aromatic N) is 3. The number of aromatic nitrogens is 2. The van der Waals surface area contributed by atoms with Crippen LogP contribution in [0.5, 0.6) is 0 Å². The Labute approximate surface area is 161 Å². The minimum atomic E-state index is -4.36. The summed E-state index contributed by atoms with van der Waals surface area (Å²) in [6.45, 7) is 2.81. The molecule has 1 aliphatic rings. The molecule has 0 saturated carbocycles. The first-order valence-electron chi connectivity index (χ1n) is 9.14. The van der Waals surface area contributed by atoms with Crippen molar-refractivity contribution in [2.45, 2.75) is 32.1 Å². The Morgan fingerprint density at radius 2 is 2.00 bits per heavy atom. The fourth-order valence-electron chi connectivity index (χ4n) is 3.13. The Balaban J connectivity index is 1.69. The number of alkyl halides is 3. The standard InChI is InChI=1S/C19H23F3N4O2/c1-28-11-2-8-23-18(27)25-9-3-10-26-16(13-25)12-17(24-26)14-4-6-15(7-5-14)19(20,21)22/h4-7,12H,2-3,8-11,13H2,1H3,(H,23,27). The summed E-state index contributed by atoms with van der Waals surface area (Å²) in [7, 11) is 1.62. The van der Waals surface area contributed by atoms with Crippen LogP contribution in [-0.4, -0.2) is 47.5 Å². The summed E-state index contributed by atoms with van der Waals surface area (Å²) in [5.74, 6) is 0.